The van der Waals surface area contributed by atoms with E-state index >= 15 is 0 Å². The highest BCUT2D eigenvalue weighted by atomic mass is 32.2. The molecular formula is C19H17F2N3O4S2. The first-order chi connectivity index (χ1) is 14.2. The third-order valence-corrected chi connectivity index (χ3v) is 8.25. The second kappa shape index (κ2) is 7.80. The van der Waals surface area contributed by atoms with Crippen LogP contribution in [0, 0.1) is 11.6 Å². The van der Waals surface area contributed by atoms with Gasteiger partial charge in [-0.3, -0.25) is 0 Å². The summed E-state index contributed by atoms with van der Waals surface area (Å²) in [6.45, 7) is 1.56. The molecule has 1 aliphatic heterocycles. The molecule has 1 aliphatic rings. The van der Waals surface area contributed by atoms with Crippen LogP contribution in [0.1, 0.15) is 5.56 Å². The first kappa shape index (κ1) is 20.5. The second-order valence-electron chi connectivity index (χ2n) is 6.88. The molecule has 0 atom stereocenters. The van der Waals surface area contributed by atoms with Crippen molar-refractivity contribution in [3.63, 3.8) is 0 Å². The fourth-order valence-electron chi connectivity index (χ4n) is 3.36. The van der Waals surface area contributed by atoms with Crippen molar-refractivity contribution in [2.45, 2.75) is 9.96 Å². The van der Waals surface area contributed by atoms with Crippen molar-refractivity contribution >= 4 is 43.2 Å². The zero-order valence-electron chi connectivity index (χ0n) is 15.6. The van der Waals surface area contributed by atoms with Crippen molar-refractivity contribution in [3.05, 3.63) is 53.7 Å². The number of fused-ring (bicyclic) bond motifs is 1. The van der Waals surface area contributed by atoms with Crippen LogP contribution in [0.25, 0.3) is 10.1 Å². The summed E-state index contributed by atoms with van der Waals surface area (Å²) in [6.07, 6.45) is 0.616. The zero-order chi connectivity index (χ0) is 21.5. The predicted octanol–water partition coefficient (Wildman–Crippen LogP) is 3.35. The fourth-order valence-corrected chi connectivity index (χ4v) is 6.15. The summed E-state index contributed by atoms with van der Waals surface area (Å²) in [7, 11) is -3.78. The smallest absolute Gasteiger partial charge is 0.407 e. The van der Waals surface area contributed by atoms with E-state index in [4.69, 9.17) is 5.11 Å². The monoisotopic (exact) mass is 453 g/mol. The van der Waals surface area contributed by atoms with Crippen LogP contribution in [0.5, 0.6) is 0 Å². The minimum Gasteiger partial charge on any atom is -0.465 e. The van der Waals surface area contributed by atoms with Gasteiger partial charge in [0.25, 0.3) is 0 Å². The van der Waals surface area contributed by atoms with Gasteiger partial charge in [-0.1, -0.05) is 6.07 Å². The first-order valence-corrected chi connectivity index (χ1v) is 11.5. The number of carbonyl (C=O) groups is 1. The third-order valence-electron chi connectivity index (χ3n) is 4.90. The lowest BCUT2D eigenvalue weighted by Gasteiger charge is -2.34. The largest absolute Gasteiger partial charge is 0.465 e. The summed E-state index contributed by atoms with van der Waals surface area (Å²) in [5.41, 5.74) is 0.162. The Labute approximate surface area is 175 Å². The Morgan fingerprint density at radius 2 is 1.83 bits per heavy atom. The Bertz CT molecular complexity index is 1220. The number of hydrogen-bond donors (Lipinski definition) is 1. The molecule has 1 amide bonds. The van der Waals surface area contributed by atoms with Gasteiger partial charge in [0.1, 0.15) is 10.0 Å². The van der Waals surface area contributed by atoms with Crippen LogP contribution in [0.3, 0.4) is 0 Å². The molecule has 0 aliphatic carbocycles. The summed E-state index contributed by atoms with van der Waals surface area (Å²) < 4.78 is 53.1. The average Bonchev–Trinajstić information content (AvgIpc) is 3.16. The Balaban J connectivity index is 1.63. The Hall–Kier alpha value is -2.79. The molecule has 158 valence electrons. The third kappa shape index (κ3) is 3.94. The minimum atomic E-state index is -3.78. The van der Waals surface area contributed by atoms with Crippen molar-refractivity contribution in [3.8, 4) is 0 Å². The van der Waals surface area contributed by atoms with E-state index in [0.717, 1.165) is 28.2 Å². The molecule has 1 saturated heterocycles. The second-order valence-corrected chi connectivity index (χ2v) is 10.2. The van der Waals surface area contributed by atoms with Gasteiger partial charge in [-0.05, 0) is 29.8 Å². The highest BCUT2D eigenvalue weighted by Gasteiger charge is 2.25. The Morgan fingerprint density at radius 3 is 2.50 bits per heavy atom. The van der Waals surface area contributed by atoms with Crippen LogP contribution in [-0.2, 0) is 15.6 Å². The van der Waals surface area contributed by atoms with Crippen molar-refractivity contribution in [1.82, 2.24) is 9.88 Å². The summed E-state index contributed by atoms with van der Waals surface area (Å²) in [4.78, 5) is 18.7. The van der Waals surface area contributed by atoms with E-state index in [9.17, 15) is 22.0 Å². The molecular weight excluding hydrogens is 436 g/mol. The number of piperazine rings is 1. The van der Waals surface area contributed by atoms with E-state index in [0.29, 0.717) is 37.4 Å². The maximum atomic E-state index is 13.4. The minimum absolute atomic E-state index is 0.112. The lowest BCUT2D eigenvalue weighted by atomic mass is 10.2. The molecule has 30 heavy (non-hydrogen) atoms. The van der Waals surface area contributed by atoms with Crippen LogP contribution in [0.2, 0.25) is 0 Å². The van der Waals surface area contributed by atoms with E-state index in [1.54, 1.807) is 18.3 Å². The van der Waals surface area contributed by atoms with Crippen molar-refractivity contribution in [2.24, 2.45) is 0 Å². The predicted molar refractivity (Wildman–Crippen MR) is 109 cm³/mol. The molecule has 0 bridgehead atoms. The van der Waals surface area contributed by atoms with Crippen LogP contribution in [0.4, 0.5) is 19.4 Å². The fraction of sp³-hybridized carbons (Fsp3) is 0.263. The van der Waals surface area contributed by atoms with Gasteiger partial charge in [-0.25, -0.2) is 27.0 Å². The Morgan fingerprint density at radius 1 is 1.10 bits per heavy atom. The molecule has 0 saturated carbocycles. The van der Waals surface area contributed by atoms with Crippen LogP contribution in [0.15, 0.2) is 40.7 Å². The number of nitrogens with zero attached hydrogens (tertiary/aromatic N) is 3. The maximum absolute atomic E-state index is 13.4. The maximum Gasteiger partial charge on any atom is 0.407 e. The number of hydrogen-bond acceptors (Lipinski definition) is 6. The average molecular weight is 453 g/mol. The molecule has 3 heterocycles. The quantitative estimate of drug-likeness (QED) is 0.652. The van der Waals surface area contributed by atoms with E-state index < -0.39 is 33.3 Å². The molecule has 3 aromatic rings. The molecule has 0 radical (unpaired) electrons. The molecule has 1 aromatic carbocycles. The first-order valence-electron chi connectivity index (χ1n) is 9.02. The van der Waals surface area contributed by atoms with E-state index in [1.165, 1.54) is 11.0 Å². The molecule has 1 N–H and O–H groups in total. The number of benzene rings is 1. The normalized spacial score (nSPS) is 15.0. The highest BCUT2D eigenvalue weighted by Crippen LogP contribution is 2.35. The number of pyridine rings is 1. The molecule has 2 aromatic heterocycles. The molecule has 11 heteroatoms. The van der Waals surface area contributed by atoms with Gasteiger partial charge < -0.3 is 14.9 Å². The molecule has 4 rings (SSSR count). The van der Waals surface area contributed by atoms with E-state index in [-0.39, 0.29) is 9.77 Å². The number of rotatable bonds is 4. The summed E-state index contributed by atoms with van der Waals surface area (Å²) in [5, 5.41) is 9.76. The van der Waals surface area contributed by atoms with Crippen LogP contribution < -0.4 is 4.90 Å². The number of carboxylic acid groups (broad SMARTS) is 1. The van der Waals surface area contributed by atoms with Crippen molar-refractivity contribution in [2.75, 3.05) is 31.1 Å². The lowest BCUT2D eigenvalue weighted by molar-refractivity contribution is 0.142. The summed E-state index contributed by atoms with van der Waals surface area (Å²) in [6, 6.07) is 6.30. The molecule has 0 unspecified atom stereocenters. The zero-order valence-corrected chi connectivity index (χ0v) is 17.2. The number of halogens is 2. The lowest BCUT2D eigenvalue weighted by Crippen LogP contribution is -2.48. The highest BCUT2D eigenvalue weighted by molar-refractivity contribution is 7.92. The van der Waals surface area contributed by atoms with Gasteiger partial charge in [-0.15, -0.1) is 11.3 Å². The van der Waals surface area contributed by atoms with Gasteiger partial charge >= 0.3 is 6.09 Å². The van der Waals surface area contributed by atoms with Gasteiger partial charge in [0.05, 0.1) is 5.75 Å². The number of anilines is 1. The standard InChI is InChI=1S/C19H17F2N3O4S2/c20-14-2-1-12(9-15(14)21)11-30(27,28)17-10-13-16(29-17)3-4-22-18(13)23-5-7-24(8-6-23)19(25)26/h1-4,9-10H,5-8,11H2,(H,25,26). The molecule has 1 fully saturated rings. The van der Waals surface area contributed by atoms with Crippen molar-refractivity contribution < 1.29 is 27.1 Å². The summed E-state index contributed by atoms with van der Waals surface area (Å²) >= 11 is 1.09. The number of amides is 1. The van der Waals surface area contributed by atoms with Gasteiger partial charge in [0.15, 0.2) is 21.5 Å². The van der Waals surface area contributed by atoms with Crippen LogP contribution >= 0.6 is 11.3 Å². The summed E-state index contributed by atoms with van der Waals surface area (Å²) in [5.74, 6) is -1.97. The topological polar surface area (TPSA) is 90.8 Å². The number of thiophene rings is 1. The number of aromatic nitrogens is 1. The molecule has 7 nitrogen and oxygen atoms in total. The Kier molecular flexibility index (Phi) is 5.33. The number of sulfone groups is 1. The van der Waals surface area contributed by atoms with Crippen LogP contribution in [-0.4, -0.2) is 55.7 Å². The SMILES string of the molecule is O=C(O)N1CCN(c2nccc3sc(S(=O)(=O)Cc4ccc(F)c(F)c4)cc23)CC1. The molecule has 0 spiro atoms. The van der Waals surface area contributed by atoms with E-state index in [1.807, 2.05) is 4.90 Å². The van der Waals surface area contributed by atoms with Gasteiger partial charge in [0.2, 0.25) is 0 Å². The van der Waals surface area contributed by atoms with Crippen molar-refractivity contribution in [1.29, 1.82) is 0 Å². The van der Waals surface area contributed by atoms with Gasteiger partial charge in [0, 0.05) is 42.5 Å². The van der Waals surface area contributed by atoms with E-state index in [2.05, 4.69) is 4.98 Å². The van der Waals surface area contributed by atoms with Gasteiger partial charge in [-0.2, -0.15) is 0 Å².